The van der Waals surface area contributed by atoms with Crippen LogP contribution in [0, 0.1) is 29.6 Å². The lowest BCUT2D eigenvalue weighted by atomic mass is 9.50. The average Bonchev–Trinajstić information content (AvgIpc) is 2.66. The van der Waals surface area contributed by atoms with Crippen molar-refractivity contribution in [2.75, 3.05) is 34.9 Å². The Bertz CT molecular complexity index is 542. The summed E-state index contributed by atoms with van der Waals surface area (Å²) in [5, 5.41) is 11.2. The van der Waals surface area contributed by atoms with Crippen molar-refractivity contribution in [1.82, 2.24) is 4.90 Å². The van der Waals surface area contributed by atoms with E-state index in [1.165, 1.54) is 0 Å². The van der Waals surface area contributed by atoms with Crippen molar-refractivity contribution in [3.05, 3.63) is 0 Å². The smallest absolute Gasteiger partial charge is 0.153 e. The Morgan fingerprint density at radius 1 is 0.962 bits per heavy atom. The van der Waals surface area contributed by atoms with Crippen LogP contribution in [0.5, 0.6) is 0 Å². The second-order valence-electron chi connectivity index (χ2n) is 8.82. The van der Waals surface area contributed by atoms with Gasteiger partial charge < -0.3 is 19.3 Å². The lowest BCUT2D eigenvalue weighted by Gasteiger charge is -2.60. The Balaban J connectivity index is 1.72. The standard InChI is InChI=1S/C20H33NO5/c1-21-6-5-10-7-15(26-4)20(23)17-11-8-13(24-2)14(25-3)9-12(11)19(22)18(21)16(10)17/h10-18,20,23H,5-9H2,1-4H3. The number of rotatable bonds is 3. The molecule has 0 spiro atoms. The van der Waals surface area contributed by atoms with Crippen molar-refractivity contribution in [3.63, 3.8) is 0 Å². The summed E-state index contributed by atoms with van der Waals surface area (Å²) in [6.45, 7) is 0.947. The van der Waals surface area contributed by atoms with Gasteiger partial charge in [0.15, 0.2) is 5.78 Å². The fraction of sp³-hybridized carbons (Fsp3) is 0.950. The molecular weight excluding hydrogens is 334 g/mol. The number of aliphatic hydroxyl groups is 1. The molecule has 1 N–H and O–H groups in total. The number of ketones is 1. The predicted octanol–water partition coefficient (Wildman–Crippen LogP) is 0.958. The van der Waals surface area contributed by atoms with Crippen LogP contribution in [-0.2, 0) is 19.0 Å². The summed E-state index contributed by atoms with van der Waals surface area (Å²) in [6, 6.07) is -0.0657. The lowest BCUT2D eigenvalue weighted by Crippen LogP contribution is -2.68. The van der Waals surface area contributed by atoms with Crippen molar-refractivity contribution in [2.45, 2.75) is 56.1 Å². The fourth-order valence-corrected chi connectivity index (χ4v) is 6.78. The SMILES string of the molecule is COC1CC2C(=O)C3C4C(CCN3C)CC(OC)C(O)C4C2CC1OC. The Kier molecular flexibility index (Phi) is 5.16. The molecule has 0 amide bonds. The molecule has 4 fully saturated rings. The molecule has 0 radical (unpaired) electrons. The predicted molar refractivity (Wildman–Crippen MR) is 95.7 cm³/mol. The van der Waals surface area contributed by atoms with Crippen LogP contribution in [0.1, 0.15) is 25.7 Å². The van der Waals surface area contributed by atoms with Crippen molar-refractivity contribution in [2.24, 2.45) is 29.6 Å². The van der Waals surface area contributed by atoms with Gasteiger partial charge in [0.25, 0.3) is 0 Å². The zero-order valence-corrected chi connectivity index (χ0v) is 16.3. The summed E-state index contributed by atoms with van der Waals surface area (Å²) in [7, 11) is 7.19. The van der Waals surface area contributed by atoms with E-state index in [1.54, 1.807) is 21.3 Å². The summed E-state index contributed by atoms with van der Waals surface area (Å²) in [6.07, 6.45) is 2.73. The van der Waals surface area contributed by atoms with Crippen molar-refractivity contribution in [1.29, 1.82) is 0 Å². The van der Waals surface area contributed by atoms with Crippen molar-refractivity contribution >= 4 is 5.78 Å². The van der Waals surface area contributed by atoms with Gasteiger partial charge in [-0.3, -0.25) is 9.69 Å². The van der Waals surface area contributed by atoms with Crippen LogP contribution >= 0.6 is 0 Å². The van der Waals surface area contributed by atoms with E-state index in [4.69, 9.17) is 14.2 Å². The normalized spacial score (nSPS) is 51.7. The van der Waals surface area contributed by atoms with Crippen LogP contribution < -0.4 is 0 Å². The molecule has 6 nitrogen and oxygen atoms in total. The second-order valence-corrected chi connectivity index (χ2v) is 8.82. The van der Waals surface area contributed by atoms with Crippen LogP contribution in [0.3, 0.4) is 0 Å². The molecule has 26 heavy (non-hydrogen) atoms. The summed E-state index contributed by atoms with van der Waals surface area (Å²) in [4.78, 5) is 15.7. The highest BCUT2D eigenvalue weighted by molar-refractivity contribution is 5.88. The number of carbonyl (C=O) groups is 1. The number of nitrogens with zero attached hydrogens (tertiary/aromatic N) is 1. The number of fused-ring (bicyclic) bond motifs is 2. The van der Waals surface area contributed by atoms with E-state index in [0.29, 0.717) is 18.1 Å². The number of ether oxygens (including phenoxy) is 3. The summed E-state index contributed by atoms with van der Waals surface area (Å²) < 4.78 is 17.0. The minimum atomic E-state index is -0.507. The molecule has 3 saturated carbocycles. The number of piperidine rings is 1. The van der Waals surface area contributed by atoms with Gasteiger partial charge in [-0.15, -0.1) is 0 Å². The number of carbonyl (C=O) groups excluding carboxylic acids is 1. The third kappa shape index (κ3) is 2.68. The molecule has 10 unspecified atom stereocenters. The van der Waals surface area contributed by atoms with E-state index in [1.807, 2.05) is 0 Å². The minimum absolute atomic E-state index is 0.0134. The number of hydrogen-bond donors (Lipinski definition) is 1. The largest absolute Gasteiger partial charge is 0.390 e. The number of aliphatic hydroxyl groups excluding tert-OH is 1. The van der Waals surface area contributed by atoms with E-state index >= 15 is 0 Å². The van der Waals surface area contributed by atoms with Crippen LogP contribution in [-0.4, -0.2) is 81.2 Å². The van der Waals surface area contributed by atoms with Gasteiger partial charge >= 0.3 is 0 Å². The molecule has 1 heterocycles. The molecular formula is C20H33NO5. The van der Waals surface area contributed by atoms with Crippen molar-refractivity contribution in [3.8, 4) is 0 Å². The molecule has 0 bridgehead atoms. The highest BCUT2D eigenvalue weighted by Crippen LogP contribution is 2.55. The van der Waals surface area contributed by atoms with Gasteiger partial charge in [-0.2, -0.15) is 0 Å². The first-order valence-corrected chi connectivity index (χ1v) is 10.0. The maximum atomic E-state index is 13.5. The van der Waals surface area contributed by atoms with E-state index in [-0.39, 0.29) is 48.0 Å². The molecule has 4 rings (SSSR count). The highest BCUT2D eigenvalue weighted by Gasteiger charge is 2.62. The quantitative estimate of drug-likeness (QED) is 0.801. The van der Waals surface area contributed by atoms with Gasteiger partial charge in [0, 0.05) is 27.2 Å². The molecule has 0 aromatic carbocycles. The molecule has 148 valence electrons. The monoisotopic (exact) mass is 367 g/mol. The molecule has 6 heteroatoms. The van der Waals surface area contributed by atoms with E-state index < -0.39 is 6.10 Å². The van der Waals surface area contributed by atoms with Crippen LogP contribution in [0.25, 0.3) is 0 Å². The fourth-order valence-electron chi connectivity index (χ4n) is 6.78. The Labute approximate surface area is 156 Å². The number of likely N-dealkylation sites (tertiary alicyclic amines) is 1. The molecule has 0 aromatic rings. The Morgan fingerprint density at radius 2 is 1.62 bits per heavy atom. The second kappa shape index (κ2) is 7.13. The summed E-state index contributed by atoms with van der Waals surface area (Å²) in [5.74, 6) is 1.26. The maximum Gasteiger partial charge on any atom is 0.153 e. The summed E-state index contributed by atoms with van der Waals surface area (Å²) in [5.41, 5.74) is 0. The van der Waals surface area contributed by atoms with Gasteiger partial charge in [0.05, 0.1) is 30.5 Å². The molecule has 3 aliphatic carbocycles. The lowest BCUT2D eigenvalue weighted by molar-refractivity contribution is -0.200. The third-order valence-corrected chi connectivity index (χ3v) is 7.97. The first-order chi connectivity index (χ1) is 12.5. The maximum absolute atomic E-state index is 13.5. The minimum Gasteiger partial charge on any atom is -0.390 e. The average molecular weight is 367 g/mol. The Morgan fingerprint density at radius 3 is 2.27 bits per heavy atom. The summed E-state index contributed by atoms with van der Waals surface area (Å²) >= 11 is 0. The van der Waals surface area contributed by atoms with Gasteiger partial charge in [-0.25, -0.2) is 0 Å². The number of methoxy groups -OCH3 is 3. The Hall–Kier alpha value is -0.530. The molecule has 1 saturated heterocycles. The number of hydrogen-bond acceptors (Lipinski definition) is 6. The van der Waals surface area contributed by atoms with E-state index in [9.17, 15) is 9.90 Å². The van der Waals surface area contributed by atoms with Crippen LogP contribution in [0.2, 0.25) is 0 Å². The number of Topliss-reactive ketones (excluding diaryl/α,β-unsaturated/α-hetero) is 1. The first kappa shape index (κ1) is 18.8. The van der Waals surface area contributed by atoms with Crippen molar-refractivity contribution < 1.29 is 24.1 Å². The molecule has 1 aliphatic heterocycles. The van der Waals surface area contributed by atoms with E-state index in [0.717, 1.165) is 25.8 Å². The van der Waals surface area contributed by atoms with Crippen LogP contribution in [0.15, 0.2) is 0 Å². The molecule has 0 aromatic heterocycles. The zero-order valence-electron chi connectivity index (χ0n) is 16.3. The molecule has 10 atom stereocenters. The third-order valence-electron chi connectivity index (χ3n) is 7.97. The first-order valence-electron chi connectivity index (χ1n) is 10.0. The number of likely N-dealkylation sites (N-methyl/N-ethyl adjacent to an activating group) is 1. The highest BCUT2D eigenvalue weighted by atomic mass is 16.5. The van der Waals surface area contributed by atoms with Gasteiger partial charge in [-0.05, 0) is 62.9 Å². The van der Waals surface area contributed by atoms with Gasteiger partial charge in [-0.1, -0.05) is 0 Å². The van der Waals surface area contributed by atoms with Gasteiger partial charge in [0.1, 0.15) is 0 Å². The topological polar surface area (TPSA) is 68.2 Å². The van der Waals surface area contributed by atoms with Crippen LogP contribution in [0.4, 0.5) is 0 Å². The van der Waals surface area contributed by atoms with E-state index in [2.05, 4.69) is 11.9 Å². The zero-order chi connectivity index (χ0) is 18.6. The van der Waals surface area contributed by atoms with Gasteiger partial charge in [0.2, 0.25) is 0 Å². The molecule has 4 aliphatic rings.